The second kappa shape index (κ2) is 10.4. The van der Waals surface area contributed by atoms with Crippen molar-refractivity contribution in [3.63, 3.8) is 0 Å². The number of aliphatic hydroxyl groups excluding tert-OH is 4. The maximum atomic E-state index is 13.7. The molecule has 11 heteroatoms. The molecule has 0 bridgehead atoms. The molecule has 222 valence electrons. The van der Waals surface area contributed by atoms with Crippen LogP contribution in [0.2, 0.25) is 0 Å². The number of amides is 1. The number of aliphatic hydroxyl groups is 5. The summed E-state index contributed by atoms with van der Waals surface area (Å²) in [5.41, 5.74) is -2.15. The van der Waals surface area contributed by atoms with Gasteiger partial charge in [-0.3, -0.25) is 14.4 Å². The molecule has 0 aromatic carbocycles. The van der Waals surface area contributed by atoms with Crippen LogP contribution in [0, 0.1) is 28.6 Å². The molecule has 4 aliphatic carbocycles. The Bertz CT molecular complexity index is 1120. The normalized spacial score (nSPS) is 48.0. The number of fused-ring (bicyclic) bond motifs is 5. The molecule has 11 nitrogen and oxygen atoms in total. The first-order valence-electron chi connectivity index (χ1n) is 14.2. The molecule has 1 saturated heterocycles. The van der Waals surface area contributed by atoms with Crippen LogP contribution in [0.4, 0.5) is 0 Å². The molecule has 40 heavy (non-hydrogen) atoms. The van der Waals surface area contributed by atoms with Gasteiger partial charge in [0.25, 0.3) is 0 Å². The molecule has 0 aromatic rings. The number of ether oxygens (including phenoxy) is 2. The van der Waals surface area contributed by atoms with Crippen molar-refractivity contribution in [1.82, 2.24) is 5.32 Å². The Labute approximate surface area is 233 Å². The van der Waals surface area contributed by atoms with E-state index in [-0.39, 0.29) is 36.4 Å². The third-order valence-electron chi connectivity index (χ3n) is 10.7. The van der Waals surface area contributed by atoms with Crippen molar-refractivity contribution >= 4 is 17.5 Å². The number of hydrogen-bond donors (Lipinski definition) is 6. The Morgan fingerprint density at radius 3 is 2.58 bits per heavy atom. The van der Waals surface area contributed by atoms with E-state index in [1.807, 2.05) is 13.0 Å². The number of nitrogens with one attached hydrogen (secondary N) is 1. The summed E-state index contributed by atoms with van der Waals surface area (Å²) in [5.74, 6) is -1.29. The Morgan fingerprint density at radius 2 is 1.90 bits per heavy atom. The maximum absolute atomic E-state index is 13.7. The molecule has 0 aromatic heterocycles. The van der Waals surface area contributed by atoms with E-state index in [4.69, 9.17) is 9.47 Å². The lowest BCUT2D eigenvalue weighted by atomic mass is 9.46. The second-order valence-electron chi connectivity index (χ2n) is 12.8. The molecule has 5 rings (SSSR count). The summed E-state index contributed by atoms with van der Waals surface area (Å²) in [5, 5.41) is 56.2. The zero-order valence-corrected chi connectivity index (χ0v) is 23.2. The van der Waals surface area contributed by atoms with Crippen molar-refractivity contribution in [3.05, 3.63) is 23.8 Å². The number of hydrogen-bond acceptors (Lipinski definition) is 10. The molecule has 1 aliphatic heterocycles. The number of rotatable bonds is 6. The highest BCUT2D eigenvalue weighted by molar-refractivity contribution is 6.01. The van der Waals surface area contributed by atoms with Gasteiger partial charge in [0, 0.05) is 23.7 Å². The third kappa shape index (κ3) is 4.41. The summed E-state index contributed by atoms with van der Waals surface area (Å²) in [6, 6.07) is -1.21. The Morgan fingerprint density at radius 1 is 1.18 bits per heavy atom. The molecule has 3 saturated carbocycles. The van der Waals surface area contributed by atoms with E-state index in [0.29, 0.717) is 12.8 Å². The van der Waals surface area contributed by atoms with E-state index in [1.54, 1.807) is 12.2 Å². The van der Waals surface area contributed by atoms with Gasteiger partial charge in [0.1, 0.15) is 36.6 Å². The summed E-state index contributed by atoms with van der Waals surface area (Å²) in [6.45, 7) is 3.91. The minimum atomic E-state index is -1.79. The maximum Gasteiger partial charge on any atom is 0.217 e. The summed E-state index contributed by atoms with van der Waals surface area (Å²) in [4.78, 5) is 37.4. The highest BCUT2D eigenvalue weighted by Gasteiger charge is 2.68. The zero-order valence-electron chi connectivity index (χ0n) is 23.2. The molecule has 4 fully saturated rings. The van der Waals surface area contributed by atoms with E-state index in [0.717, 1.165) is 12.0 Å². The van der Waals surface area contributed by atoms with Crippen LogP contribution in [-0.2, 0) is 23.9 Å². The molecule has 0 spiro atoms. The van der Waals surface area contributed by atoms with Crippen molar-refractivity contribution in [2.45, 2.75) is 95.2 Å². The van der Waals surface area contributed by atoms with Crippen LogP contribution in [0.15, 0.2) is 23.8 Å². The van der Waals surface area contributed by atoms with Gasteiger partial charge in [-0.15, -0.1) is 0 Å². The summed E-state index contributed by atoms with van der Waals surface area (Å²) in [6.07, 6.45) is 1.26. The van der Waals surface area contributed by atoms with Crippen LogP contribution in [0.5, 0.6) is 0 Å². The van der Waals surface area contributed by atoms with Gasteiger partial charge in [-0.05, 0) is 56.1 Å². The minimum Gasteiger partial charge on any atom is -0.394 e. The van der Waals surface area contributed by atoms with Crippen LogP contribution in [0.1, 0.15) is 52.9 Å². The molecular weight excluding hydrogens is 522 g/mol. The van der Waals surface area contributed by atoms with E-state index in [1.165, 1.54) is 6.92 Å². The predicted octanol–water partition coefficient (Wildman–Crippen LogP) is -0.474. The predicted molar refractivity (Wildman–Crippen MR) is 139 cm³/mol. The van der Waals surface area contributed by atoms with E-state index in [9.17, 15) is 39.9 Å². The molecule has 12 atom stereocenters. The Balaban J connectivity index is 1.34. The van der Waals surface area contributed by atoms with Crippen molar-refractivity contribution in [3.8, 4) is 0 Å². The lowest BCUT2D eigenvalue weighted by Crippen LogP contribution is -2.65. The fraction of sp³-hybridized carbons (Fsp3) is 0.759. The average molecular weight is 564 g/mol. The van der Waals surface area contributed by atoms with Crippen LogP contribution >= 0.6 is 0 Å². The standard InChI is InChI=1S/C29H41NO10/c1-14(32)30-23-25(37)24(36)20(12-31)40-26(23)39-13-21(35)29(38)9-7-18-17-5-4-15-10-16(33)6-8-27(15,2)22(17)19(34)11-28(18,29)3/h6,8,10,17-20,22-26,31,34,36-38H,4-5,7,9,11-13H2,1-3H3,(H,30,32). The summed E-state index contributed by atoms with van der Waals surface area (Å²) in [7, 11) is 0. The summed E-state index contributed by atoms with van der Waals surface area (Å²) < 4.78 is 11.3. The third-order valence-corrected chi connectivity index (χ3v) is 10.7. The molecular formula is C29H41NO10. The van der Waals surface area contributed by atoms with Crippen molar-refractivity contribution in [1.29, 1.82) is 0 Å². The molecule has 1 heterocycles. The smallest absolute Gasteiger partial charge is 0.217 e. The SMILES string of the molecule is CC(=O)NC1C(OCC(=O)C2(O)CCC3C4CCC5=CC(=O)C=CC5(C)C4C(O)CC32C)OC(CO)C(O)C1O. The largest absolute Gasteiger partial charge is 0.394 e. The summed E-state index contributed by atoms with van der Waals surface area (Å²) >= 11 is 0. The van der Waals surface area contributed by atoms with Gasteiger partial charge < -0.3 is 40.3 Å². The Kier molecular flexibility index (Phi) is 7.65. The van der Waals surface area contributed by atoms with Crippen molar-refractivity contribution in [2.24, 2.45) is 28.6 Å². The topological polar surface area (TPSA) is 183 Å². The highest BCUT2D eigenvalue weighted by Crippen LogP contribution is 2.67. The van der Waals surface area contributed by atoms with E-state index in [2.05, 4.69) is 12.2 Å². The molecule has 12 unspecified atom stereocenters. The molecule has 5 aliphatic rings. The Hall–Kier alpha value is -1.99. The van der Waals surface area contributed by atoms with Crippen LogP contribution in [0.3, 0.4) is 0 Å². The second-order valence-corrected chi connectivity index (χ2v) is 12.8. The van der Waals surface area contributed by atoms with Gasteiger partial charge in [0.2, 0.25) is 5.91 Å². The average Bonchev–Trinajstić information content (AvgIpc) is 3.17. The van der Waals surface area contributed by atoms with Crippen LogP contribution in [-0.4, -0.2) is 98.6 Å². The minimum absolute atomic E-state index is 0.0342. The number of ketones is 2. The van der Waals surface area contributed by atoms with E-state index >= 15 is 0 Å². The van der Waals surface area contributed by atoms with Gasteiger partial charge in [0.15, 0.2) is 17.9 Å². The van der Waals surface area contributed by atoms with Crippen molar-refractivity contribution in [2.75, 3.05) is 13.2 Å². The number of Topliss-reactive ketones (excluding diaryl/α,β-unsaturated/α-hetero) is 1. The lowest BCUT2D eigenvalue weighted by Gasteiger charge is -2.59. The quantitative estimate of drug-likeness (QED) is 0.247. The fourth-order valence-corrected chi connectivity index (χ4v) is 8.68. The zero-order chi connectivity index (χ0) is 29.2. The highest BCUT2D eigenvalue weighted by atomic mass is 16.7. The number of carbonyl (C=O) groups excluding carboxylic acids is 3. The first-order valence-corrected chi connectivity index (χ1v) is 14.2. The number of allylic oxidation sites excluding steroid dienone is 4. The van der Waals surface area contributed by atoms with Crippen molar-refractivity contribution < 1.29 is 49.4 Å². The van der Waals surface area contributed by atoms with Gasteiger partial charge in [0.05, 0.1) is 12.7 Å². The van der Waals surface area contributed by atoms with Gasteiger partial charge >= 0.3 is 0 Å². The molecule has 1 amide bonds. The van der Waals surface area contributed by atoms with Gasteiger partial charge in [-0.2, -0.15) is 0 Å². The van der Waals surface area contributed by atoms with Crippen LogP contribution < -0.4 is 5.32 Å². The first-order chi connectivity index (χ1) is 18.8. The molecule has 0 radical (unpaired) electrons. The van der Waals surface area contributed by atoms with Gasteiger partial charge in [-0.1, -0.05) is 25.5 Å². The lowest BCUT2D eigenvalue weighted by molar-refractivity contribution is -0.270. The van der Waals surface area contributed by atoms with Gasteiger partial charge in [-0.25, -0.2) is 0 Å². The fourth-order valence-electron chi connectivity index (χ4n) is 8.68. The number of carbonyl (C=O) groups is 3. The van der Waals surface area contributed by atoms with E-state index < -0.39 is 78.1 Å². The first kappa shape index (κ1) is 29.5. The van der Waals surface area contributed by atoms with Crippen LogP contribution in [0.25, 0.3) is 0 Å². The monoisotopic (exact) mass is 563 g/mol. The molecule has 6 N–H and O–H groups in total.